The third-order valence-electron chi connectivity index (χ3n) is 3.13. The number of hydrogen-bond acceptors (Lipinski definition) is 3. The zero-order valence-electron chi connectivity index (χ0n) is 19.7. The lowest BCUT2D eigenvalue weighted by Gasteiger charge is -2.10. The van der Waals surface area contributed by atoms with E-state index in [4.69, 9.17) is 17.1 Å². The number of nitrogens with zero attached hydrogens (tertiary/aromatic N) is 2. The second-order valence-corrected chi connectivity index (χ2v) is 4.69. The lowest BCUT2D eigenvalue weighted by Crippen LogP contribution is -1.93. The summed E-state index contributed by atoms with van der Waals surface area (Å²) in [5, 5.41) is 14.3. The van der Waals surface area contributed by atoms with E-state index in [1.54, 1.807) is 6.07 Å². The molecule has 0 spiro atoms. The smallest absolute Gasteiger partial charge is 0.190 e. The molecule has 4 heteroatoms. The number of ether oxygens (including phenoxy) is 1. The van der Waals surface area contributed by atoms with Crippen molar-refractivity contribution < 1.29 is 17.1 Å². The quantitative estimate of drug-likeness (QED) is 0.925. The molecule has 1 saturated carbocycles. The molecule has 3 rings (SSSR count). The molecule has 0 saturated heterocycles. The van der Waals surface area contributed by atoms with E-state index in [0.29, 0.717) is 5.69 Å². The van der Waals surface area contributed by atoms with Crippen LogP contribution in [0.2, 0.25) is 1.41 Å². The Labute approximate surface area is 131 Å². The summed E-state index contributed by atoms with van der Waals surface area (Å²) in [6, 6.07) is 0.0402. The Balaban J connectivity index is 2.32. The number of hydrogen-bond donors (Lipinski definition) is 1. The number of aromatic amines is 1. The van der Waals surface area contributed by atoms with E-state index >= 15 is 0 Å². The average Bonchev–Trinajstić information content (AvgIpc) is 3.37. The second kappa shape index (κ2) is 4.68. The average molecular weight is 276 g/mol. The lowest BCUT2D eigenvalue weighted by molar-refractivity contribution is 0.472. The van der Waals surface area contributed by atoms with Gasteiger partial charge in [-0.1, -0.05) is 0 Å². The molecule has 1 heterocycles. The topological polar surface area (TPSA) is 61.7 Å². The van der Waals surface area contributed by atoms with Crippen LogP contribution in [0.3, 0.4) is 0 Å². The fraction of sp³-hybridized carbons (Fsp3) is 0.375. The minimum atomic E-state index is -2.97. The van der Waals surface area contributed by atoms with E-state index in [9.17, 15) is 5.26 Å². The van der Waals surface area contributed by atoms with Crippen LogP contribution in [0.15, 0.2) is 12.1 Å². The Morgan fingerprint density at radius 3 is 2.75 bits per heavy atom. The fourth-order valence-corrected chi connectivity index (χ4v) is 1.93. The highest BCUT2D eigenvalue weighted by Gasteiger charge is 2.30. The number of aromatic nitrogens is 2. The van der Waals surface area contributed by atoms with Crippen molar-refractivity contribution >= 4 is 0 Å². The first-order valence-electron chi connectivity index (χ1n) is 10.6. The molecule has 0 radical (unpaired) electrons. The minimum absolute atomic E-state index is 0.0428. The van der Waals surface area contributed by atoms with E-state index in [1.807, 2.05) is 0 Å². The standard InChI is InChI=1S/C16H17N3O/c1-9-6-13(7-10(2)14(9)8-17)20-16-11(3)18-19-15(16)12-4-5-12/h6-7,12H,4-5H2,1-3H3,(H,18,19)/i1D3,2D3,6D,7D/hD. The van der Waals surface area contributed by atoms with Gasteiger partial charge in [0, 0.05) is 14.1 Å². The lowest BCUT2D eigenvalue weighted by atomic mass is 10.0. The van der Waals surface area contributed by atoms with E-state index in [2.05, 4.69) is 5.10 Å². The summed E-state index contributed by atoms with van der Waals surface area (Å²) >= 11 is 0. The largest absolute Gasteiger partial charge is 0.453 e. The molecule has 1 aromatic carbocycles. The van der Waals surface area contributed by atoms with Gasteiger partial charge in [-0.25, -0.2) is 0 Å². The van der Waals surface area contributed by atoms with Crippen molar-refractivity contribution in [1.82, 2.24) is 10.2 Å². The Morgan fingerprint density at radius 2 is 2.20 bits per heavy atom. The number of nitrogens with one attached hydrogen (secondary N) is 1. The van der Waals surface area contributed by atoms with Crippen LogP contribution in [-0.4, -0.2) is 10.2 Å². The second-order valence-electron chi connectivity index (χ2n) is 4.69. The van der Waals surface area contributed by atoms with Crippen LogP contribution in [0.5, 0.6) is 11.5 Å². The molecule has 0 amide bonds. The van der Waals surface area contributed by atoms with Crippen LogP contribution in [0.1, 0.15) is 57.8 Å². The Morgan fingerprint density at radius 1 is 1.50 bits per heavy atom. The molecule has 0 unspecified atom stereocenters. The van der Waals surface area contributed by atoms with Crippen LogP contribution in [0.4, 0.5) is 0 Å². The van der Waals surface area contributed by atoms with Crippen molar-refractivity contribution in [3.8, 4) is 17.6 Å². The number of rotatable bonds is 3. The van der Waals surface area contributed by atoms with Gasteiger partial charge in [-0.2, -0.15) is 10.4 Å². The first kappa shape index (κ1) is 6.01. The van der Waals surface area contributed by atoms with Crippen molar-refractivity contribution in [3.05, 3.63) is 40.2 Å². The van der Waals surface area contributed by atoms with E-state index in [-0.39, 0.29) is 17.4 Å². The van der Waals surface area contributed by atoms with Gasteiger partial charge < -0.3 is 4.74 Å². The molecule has 1 aliphatic rings. The third-order valence-corrected chi connectivity index (χ3v) is 3.13. The van der Waals surface area contributed by atoms with E-state index in [0.717, 1.165) is 17.9 Å². The molecule has 1 fully saturated rings. The van der Waals surface area contributed by atoms with Crippen molar-refractivity contribution in [2.45, 2.75) is 39.4 Å². The van der Waals surface area contributed by atoms with Gasteiger partial charge in [-0.3, -0.25) is 5.09 Å². The van der Waals surface area contributed by atoms with Gasteiger partial charge in [0.15, 0.2) is 7.16 Å². The molecule has 1 aliphatic carbocycles. The van der Waals surface area contributed by atoms with Crippen LogP contribution in [0, 0.1) is 32.0 Å². The molecule has 0 aliphatic heterocycles. The zero-order chi connectivity index (χ0) is 21.9. The maximum atomic E-state index is 9.43. The van der Waals surface area contributed by atoms with E-state index in [1.165, 1.54) is 6.92 Å². The third kappa shape index (κ3) is 2.16. The van der Waals surface area contributed by atoms with Gasteiger partial charge in [0.1, 0.15) is 11.4 Å². The van der Waals surface area contributed by atoms with Gasteiger partial charge in [0.25, 0.3) is 0 Å². The van der Waals surface area contributed by atoms with Gasteiger partial charge in [0.05, 0.1) is 20.1 Å². The Bertz CT molecular complexity index is 985. The number of benzene rings is 1. The Kier molecular flexibility index (Phi) is 1.40. The zero-order valence-corrected chi connectivity index (χ0v) is 10.7. The minimum Gasteiger partial charge on any atom is -0.453 e. The summed E-state index contributed by atoms with van der Waals surface area (Å²) in [7, 11) is 0. The number of nitriles is 1. The van der Waals surface area contributed by atoms with Crippen LogP contribution >= 0.6 is 0 Å². The summed E-state index contributed by atoms with van der Waals surface area (Å²) in [5.74, 6) is -0.442. The highest BCUT2D eigenvalue weighted by atomic mass is 16.5. The van der Waals surface area contributed by atoms with Gasteiger partial charge in [0.2, 0.25) is 0 Å². The van der Waals surface area contributed by atoms with Crippen LogP contribution in [0.25, 0.3) is 0 Å². The van der Waals surface area contributed by atoms with Crippen molar-refractivity contribution in [2.24, 2.45) is 0 Å². The fourth-order valence-electron chi connectivity index (χ4n) is 1.93. The SMILES string of the molecule is [2H]c1c(Oc2c(C3CC3)nn([2H])c2C)c([2H])c(C([2H])([2H])[2H])c(C#N)c1C([2H])([2H])[2H]. The molecular formula is C16H17N3O. The van der Waals surface area contributed by atoms with Crippen LogP contribution in [-0.2, 0) is 0 Å². The maximum absolute atomic E-state index is 9.43. The molecule has 20 heavy (non-hydrogen) atoms. The predicted molar refractivity (Wildman–Crippen MR) is 76.0 cm³/mol. The normalized spacial score (nSPS) is 21.9. The highest BCUT2D eigenvalue weighted by molar-refractivity contribution is 5.49. The molecule has 2 aromatic rings. The highest BCUT2D eigenvalue weighted by Crippen LogP contribution is 2.45. The predicted octanol–water partition coefficient (Wildman–Crippen LogP) is 3.88. The molecule has 1 N–H and O–H groups in total. The molecule has 0 atom stereocenters. The summed E-state index contributed by atoms with van der Waals surface area (Å²) < 4.78 is 76.3. The summed E-state index contributed by atoms with van der Waals surface area (Å²) in [5.41, 5.74) is -1.59. The molecule has 0 bridgehead atoms. The summed E-state index contributed by atoms with van der Waals surface area (Å²) in [6.45, 7) is -4.41. The maximum Gasteiger partial charge on any atom is 0.190 e. The van der Waals surface area contributed by atoms with Gasteiger partial charge >= 0.3 is 0 Å². The summed E-state index contributed by atoms with van der Waals surface area (Å²) in [4.78, 5) is 0. The van der Waals surface area contributed by atoms with Crippen molar-refractivity contribution in [1.29, 1.82) is 5.26 Å². The Hall–Kier alpha value is -2.28. The van der Waals surface area contributed by atoms with Crippen LogP contribution < -0.4 is 4.74 Å². The molecular weight excluding hydrogens is 250 g/mol. The molecule has 1 aromatic heterocycles. The molecule has 4 nitrogen and oxygen atoms in total. The van der Waals surface area contributed by atoms with Gasteiger partial charge in [-0.05, 0) is 56.7 Å². The summed E-state index contributed by atoms with van der Waals surface area (Å²) in [6.07, 6.45) is 1.64. The first-order valence-corrected chi connectivity index (χ1v) is 6.13. The van der Waals surface area contributed by atoms with Crippen molar-refractivity contribution in [2.75, 3.05) is 0 Å². The van der Waals surface area contributed by atoms with E-state index < -0.39 is 48.2 Å². The number of H-pyrrole nitrogens is 1. The van der Waals surface area contributed by atoms with Gasteiger partial charge in [-0.15, -0.1) is 0 Å². The monoisotopic (exact) mass is 276 g/mol. The first-order chi connectivity index (χ1) is 13.3. The van der Waals surface area contributed by atoms with Crippen molar-refractivity contribution in [3.63, 3.8) is 0 Å². The molecule has 102 valence electrons.